The molecule has 0 radical (unpaired) electrons. The molecule has 0 aliphatic carbocycles. The van der Waals surface area contributed by atoms with Gasteiger partial charge in [-0.05, 0) is 48.1 Å². The zero-order valence-electron chi connectivity index (χ0n) is 16.9. The highest BCUT2D eigenvalue weighted by Crippen LogP contribution is 2.39. The molecule has 30 heavy (non-hydrogen) atoms. The first-order chi connectivity index (χ1) is 14.7. The van der Waals surface area contributed by atoms with Gasteiger partial charge in [-0.2, -0.15) is 5.10 Å². The Morgan fingerprint density at radius 3 is 2.33 bits per heavy atom. The minimum atomic E-state index is -0.117. The van der Waals surface area contributed by atoms with Crippen LogP contribution in [0.25, 0.3) is 0 Å². The zero-order chi connectivity index (χ0) is 20.9. The van der Waals surface area contributed by atoms with E-state index >= 15 is 0 Å². The summed E-state index contributed by atoms with van der Waals surface area (Å²) in [5.41, 5.74) is 3.95. The molecule has 0 unspecified atom stereocenters. The molecule has 0 saturated heterocycles. The van der Waals surface area contributed by atoms with E-state index in [1.165, 1.54) is 0 Å². The van der Waals surface area contributed by atoms with Crippen molar-refractivity contribution in [2.45, 2.75) is 12.5 Å². The Labute approximate surface area is 181 Å². The van der Waals surface area contributed by atoms with Crippen molar-refractivity contribution in [1.29, 1.82) is 0 Å². The number of hydrogen-bond acceptors (Lipinski definition) is 4. The fraction of sp³-hybridized carbons (Fsp3) is 0.167. The van der Waals surface area contributed by atoms with E-state index in [1.807, 2.05) is 71.7 Å². The van der Waals surface area contributed by atoms with Gasteiger partial charge in [0.25, 0.3) is 0 Å². The maximum atomic E-state index is 5.75. The summed E-state index contributed by atoms with van der Waals surface area (Å²) in [4.78, 5) is 0. The second-order valence-electron chi connectivity index (χ2n) is 6.88. The highest BCUT2D eigenvalue weighted by Gasteiger charge is 2.33. The van der Waals surface area contributed by atoms with Crippen molar-refractivity contribution in [2.24, 2.45) is 5.10 Å². The topological polar surface area (TPSA) is 46.1 Å². The average molecular weight is 418 g/mol. The minimum absolute atomic E-state index is 0.117. The lowest BCUT2D eigenvalue weighted by molar-refractivity contribution is 0.346. The summed E-state index contributed by atoms with van der Waals surface area (Å²) in [6, 6.07) is 25.7. The molecule has 3 aromatic rings. The number of nitrogens with one attached hydrogen (secondary N) is 1. The highest BCUT2D eigenvalue weighted by molar-refractivity contribution is 7.80. The quantitative estimate of drug-likeness (QED) is 0.575. The molecule has 1 atom stereocenters. The second kappa shape index (κ2) is 8.97. The Balaban J connectivity index is 1.72. The van der Waals surface area contributed by atoms with Crippen LogP contribution < -0.4 is 14.8 Å². The number of anilines is 1. The smallest absolute Gasteiger partial charge is 0.194 e. The highest BCUT2D eigenvalue weighted by atomic mass is 32.1. The number of rotatable bonds is 5. The third-order valence-electron chi connectivity index (χ3n) is 5.05. The number of benzene rings is 3. The van der Waals surface area contributed by atoms with Crippen molar-refractivity contribution >= 4 is 28.7 Å². The lowest BCUT2D eigenvalue weighted by Gasteiger charge is -2.26. The van der Waals surface area contributed by atoms with E-state index in [2.05, 4.69) is 17.4 Å². The predicted octanol–water partition coefficient (Wildman–Crippen LogP) is 5.25. The molecule has 0 amide bonds. The van der Waals surface area contributed by atoms with Gasteiger partial charge in [0.05, 0.1) is 26.0 Å². The molecule has 1 aliphatic rings. The fourth-order valence-corrected chi connectivity index (χ4v) is 3.83. The van der Waals surface area contributed by atoms with Gasteiger partial charge in [0.1, 0.15) is 11.5 Å². The van der Waals surface area contributed by atoms with E-state index in [-0.39, 0.29) is 6.04 Å². The first-order valence-electron chi connectivity index (χ1n) is 9.69. The maximum Gasteiger partial charge on any atom is 0.194 e. The predicted molar refractivity (Wildman–Crippen MR) is 124 cm³/mol. The van der Waals surface area contributed by atoms with Gasteiger partial charge in [-0.1, -0.05) is 48.5 Å². The number of hydrogen-bond donors (Lipinski definition) is 1. The van der Waals surface area contributed by atoms with Crippen LogP contribution in [0.4, 0.5) is 5.69 Å². The lowest BCUT2D eigenvalue weighted by atomic mass is 9.97. The van der Waals surface area contributed by atoms with Crippen LogP contribution in [0.2, 0.25) is 0 Å². The van der Waals surface area contributed by atoms with E-state index in [9.17, 15) is 0 Å². The number of ether oxygens (including phenoxy) is 2. The van der Waals surface area contributed by atoms with E-state index in [0.717, 1.165) is 34.0 Å². The molecule has 0 aromatic heterocycles. The molecule has 6 heteroatoms. The van der Waals surface area contributed by atoms with Gasteiger partial charge in [0.15, 0.2) is 5.11 Å². The van der Waals surface area contributed by atoms with Gasteiger partial charge < -0.3 is 14.8 Å². The largest absolute Gasteiger partial charge is 0.497 e. The van der Waals surface area contributed by atoms with Crippen LogP contribution >= 0.6 is 12.2 Å². The molecule has 1 aliphatic heterocycles. The summed E-state index contributed by atoms with van der Waals surface area (Å²) >= 11 is 5.75. The Kier molecular flexibility index (Phi) is 5.95. The first kappa shape index (κ1) is 19.9. The Hall–Kier alpha value is -3.38. The standard InChI is InChI=1S/C24H23N3O2S/c1-28-19-13-14-23(29-2)20(15-19)22-16-21(17-9-5-3-6-10-17)26-27(22)24(30)25-18-11-7-4-8-12-18/h3-15,22H,16H2,1-2H3,(H,25,30)/t22-/m0/s1. The molecule has 152 valence electrons. The third-order valence-corrected chi connectivity index (χ3v) is 5.34. The Bertz CT molecular complexity index is 1050. The van der Waals surface area contributed by atoms with Crippen molar-refractivity contribution < 1.29 is 9.47 Å². The van der Waals surface area contributed by atoms with Crippen molar-refractivity contribution in [3.63, 3.8) is 0 Å². The van der Waals surface area contributed by atoms with E-state index in [1.54, 1.807) is 14.2 Å². The van der Waals surface area contributed by atoms with Crippen LogP contribution in [0.1, 0.15) is 23.6 Å². The molecule has 4 rings (SSSR count). The number of methoxy groups -OCH3 is 2. The van der Waals surface area contributed by atoms with Gasteiger partial charge in [-0.25, -0.2) is 5.01 Å². The SMILES string of the molecule is COc1ccc(OC)c([C@@H]2CC(c3ccccc3)=NN2C(=S)Nc2ccccc2)c1. The van der Waals surface area contributed by atoms with Crippen LogP contribution in [-0.2, 0) is 0 Å². The number of hydrazone groups is 1. The number of thiocarbonyl (C=S) groups is 1. The third kappa shape index (κ3) is 4.14. The molecule has 5 nitrogen and oxygen atoms in total. The van der Waals surface area contributed by atoms with E-state index < -0.39 is 0 Å². The van der Waals surface area contributed by atoms with Crippen LogP contribution in [0.5, 0.6) is 11.5 Å². The van der Waals surface area contributed by atoms with Crippen LogP contribution in [0.15, 0.2) is 84.0 Å². The fourth-order valence-electron chi connectivity index (χ4n) is 3.55. The molecule has 0 saturated carbocycles. The van der Waals surface area contributed by atoms with Crippen LogP contribution in [0, 0.1) is 0 Å². The van der Waals surface area contributed by atoms with Gasteiger partial charge in [0, 0.05) is 17.7 Å². The van der Waals surface area contributed by atoms with Crippen LogP contribution in [0.3, 0.4) is 0 Å². The summed E-state index contributed by atoms with van der Waals surface area (Å²) in [7, 11) is 3.33. The molecular formula is C24H23N3O2S. The van der Waals surface area contributed by atoms with Gasteiger partial charge in [-0.3, -0.25) is 0 Å². The summed E-state index contributed by atoms with van der Waals surface area (Å²) in [5, 5.41) is 10.6. The summed E-state index contributed by atoms with van der Waals surface area (Å²) in [5.74, 6) is 1.54. The summed E-state index contributed by atoms with van der Waals surface area (Å²) in [6.07, 6.45) is 0.699. The first-order valence-corrected chi connectivity index (χ1v) is 10.1. The summed E-state index contributed by atoms with van der Waals surface area (Å²) in [6.45, 7) is 0. The molecular weight excluding hydrogens is 394 g/mol. The molecule has 0 bridgehead atoms. The molecule has 1 heterocycles. The van der Waals surface area contributed by atoms with Crippen molar-refractivity contribution in [2.75, 3.05) is 19.5 Å². The monoisotopic (exact) mass is 417 g/mol. The normalized spacial score (nSPS) is 15.5. The maximum absolute atomic E-state index is 5.75. The van der Waals surface area contributed by atoms with Gasteiger partial charge >= 0.3 is 0 Å². The number of nitrogens with zero attached hydrogens (tertiary/aromatic N) is 2. The van der Waals surface area contributed by atoms with Crippen molar-refractivity contribution in [3.8, 4) is 11.5 Å². The van der Waals surface area contributed by atoms with Crippen LogP contribution in [-0.4, -0.2) is 30.1 Å². The average Bonchev–Trinajstić information content (AvgIpc) is 3.25. The van der Waals surface area contributed by atoms with Crippen molar-refractivity contribution in [3.05, 3.63) is 90.0 Å². The molecule has 0 spiro atoms. The summed E-state index contributed by atoms with van der Waals surface area (Å²) < 4.78 is 11.1. The molecule has 3 aromatic carbocycles. The molecule has 0 fully saturated rings. The van der Waals surface area contributed by atoms with Crippen molar-refractivity contribution in [1.82, 2.24) is 5.01 Å². The minimum Gasteiger partial charge on any atom is -0.497 e. The Morgan fingerprint density at radius 2 is 1.67 bits per heavy atom. The molecule has 1 N–H and O–H groups in total. The Morgan fingerprint density at radius 1 is 0.967 bits per heavy atom. The second-order valence-corrected chi connectivity index (χ2v) is 7.27. The van der Waals surface area contributed by atoms with E-state index in [4.69, 9.17) is 26.8 Å². The number of para-hydroxylation sites is 1. The van der Waals surface area contributed by atoms with Gasteiger partial charge in [0.2, 0.25) is 0 Å². The zero-order valence-corrected chi connectivity index (χ0v) is 17.7. The van der Waals surface area contributed by atoms with Gasteiger partial charge in [-0.15, -0.1) is 0 Å². The van der Waals surface area contributed by atoms with E-state index in [0.29, 0.717) is 11.5 Å². The lowest BCUT2D eigenvalue weighted by Crippen LogP contribution is -2.31.